The predicted molar refractivity (Wildman–Crippen MR) is 66.2 cm³/mol. The standard InChI is InChI=1S/C13H16F6N2/c1-2-8-3-5-9(6-4-8)7-10(21-20)11(12(14,15)16)13(17,18)19/h3-6,10-11,21H,2,7,20H2,1H3. The van der Waals surface area contributed by atoms with Gasteiger partial charge in [-0.15, -0.1) is 0 Å². The van der Waals surface area contributed by atoms with Crippen LogP contribution in [0, 0.1) is 5.92 Å². The molecule has 21 heavy (non-hydrogen) atoms. The summed E-state index contributed by atoms with van der Waals surface area (Å²) in [6.45, 7) is 1.89. The fourth-order valence-corrected chi connectivity index (χ4v) is 2.08. The molecule has 1 aromatic carbocycles. The Labute approximate surface area is 118 Å². The minimum absolute atomic E-state index is 0.355. The van der Waals surface area contributed by atoms with Gasteiger partial charge < -0.3 is 0 Å². The predicted octanol–water partition coefficient (Wildman–Crippen LogP) is 3.36. The summed E-state index contributed by atoms with van der Waals surface area (Å²) in [4.78, 5) is 0. The van der Waals surface area contributed by atoms with Gasteiger partial charge in [0.15, 0.2) is 5.92 Å². The molecule has 0 fully saturated rings. The SMILES string of the molecule is CCc1ccc(CC(NN)C(C(F)(F)F)C(F)(F)F)cc1. The number of hydrogen-bond acceptors (Lipinski definition) is 2. The van der Waals surface area contributed by atoms with Crippen molar-refractivity contribution in [3.8, 4) is 0 Å². The second kappa shape index (κ2) is 6.65. The number of benzene rings is 1. The number of hydrogen-bond donors (Lipinski definition) is 2. The molecule has 0 aliphatic rings. The van der Waals surface area contributed by atoms with Crippen molar-refractivity contribution in [3.63, 3.8) is 0 Å². The fourth-order valence-electron chi connectivity index (χ4n) is 2.08. The van der Waals surface area contributed by atoms with E-state index in [1.54, 1.807) is 17.6 Å². The summed E-state index contributed by atoms with van der Waals surface area (Å²) in [5.74, 6) is 1.41. The average molecular weight is 314 g/mol. The van der Waals surface area contributed by atoms with Crippen LogP contribution in [0.1, 0.15) is 18.1 Å². The molecule has 0 aliphatic carbocycles. The Morgan fingerprint density at radius 2 is 1.38 bits per heavy atom. The minimum Gasteiger partial charge on any atom is -0.271 e. The van der Waals surface area contributed by atoms with Crippen LogP contribution in [0.4, 0.5) is 26.3 Å². The quantitative estimate of drug-likeness (QED) is 0.497. The van der Waals surface area contributed by atoms with Gasteiger partial charge in [0, 0.05) is 6.04 Å². The summed E-state index contributed by atoms with van der Waals surface area (Å²) < 4.78 is 76.0. The van der Waals surface area contributed by atoms with Crippen molar-refractivity contribution in [3.05, 3.63) is 35.4 Å². The zero-order valence-corrected chi connectivity index (χ0v) is 11.2. The van der Waals surface area contributed by atoms with Crippen molar-refractivity contribution in [2.75, 3.05) is 0 Å². The molecular formula is C13H16F6N2. The van der Waals surface area contributed by atoms with Gasteiger partial charge in [-0.3, -0.25) is 11.3 Å². The summed E-state index contributed by atoms with van der Waals surface area (Å²) in [6, 6.07) is 4.37. The van der Waals surface area contributed by atoms with Crippen molar-refractivity contribution in [2.24, 2.45) is 11.8 Å². The monoisotopic (exact) mass is 314 g/mol. The molecular weight excluding hydrogens is 298 g/mol. The summed E-state index contributed by atoms with van der Waals surface area (Å²) in [6.07, 6.45) is -10.6. The Hall–Kier alpha value is -1.28. The van der Waals surface area contributed by atoms with Gasteiger partial charge >= 0.3 is 12.4 Å². The van der Waals surface area contributed by atoms with Crippen LogP contribution in [0.5, 0.6) is 0 Å². The van der Waals surface area contributed by atoms with E-state index in [-0.39, 0.29) is 0 Å². The molecule has 2 nitrogen and oxygen atoms in total. The van der Waals surface area contributed by atoms with Crippen molar-refractivity contribution >= 4 is 0 Å². The summed E-state index contributed by atoms with van der Waals surface area (Å²) in [5, 5.41) is 0. The van der Waals surface area contributed by atoms with Gasteiger partial charge in [0.05, 0.1) is 0 Å². The number of hydrazine groups is 1. The first-order valence-corrected chi connectivity index (χ1v) is 6.27. The first kappa shape index (κ1) is 17.8. The van der Waals surface area contributed by atoms with Gasteiger partial charge in [0.1, 0.15) is 0 Å². The van der Waals surface area contributed by atoms with E-state index in [1.807, 2.05) is 6.92 Å². The molecule has 0 aromatic heterocycles. The molecule has 120 valence electrons. The lowest BCUT2D eigenvalue weighted by Crippen LogP contribution is -2.54. The molecule has 1 unspecified atom stereocenters. The van der Waals surface area contributed by atoms with Crippen molar-refractivity contribution in [1.82, 2.24) is 5.43 Å². The van der Waals surface area contributed by atoms with Crippen molar-refractivity contribution < 1.29 is 26.3 Å². The molecule has 0 saturated carbocycles. The molecule has 8 heteroatoms. The number of halogens is 6. The zero-order valence-electron chi connectivity index (χ0n) is 11.2. The number of rotatable bonds is 5. The highest BCUT2D eigenvalue weighted by Crippen LogP contribution is 2.41. The minimum atomic E-state index is -5.42. The highest BCUT2D eigenvalue weighted by Gasteiger charge is 2.59. The average Bonchev–Trinajstić information content (AvgIpc) is 2.35. The van der Waals surface area contributed by atoms with Gasteiger partial charge in [-0.2, -0.15) is 26.3 Å². The Kier molecular flexibility index (Phi) is 5.63. The van der Waals surface area contributed by atoms with Crippen LogP contribution in [0.25, 0.3) is 0 Å². The first-order chi connectivity index (χ1) is 9.59. The van der Waals surface area contributed by atoms with E-state index in [0.29, 0.717) is 5.56 Å². The molecule has 0 spiro atoms. The first-order valence-electron chi connectivity index (χ1n) is 6.27. The van der Waals surface area contributed by atoms with Gasteiger partial charge in [0.25, 0.3) is 0 Å². The molecule has 0 heterocycles. The normalized spacial score (nSPS) is 14.5. The molecule has 0 amide bonds. The van der Waals surface area contributed by atoms with E-state index < -0.39 is 30.7 Å². The maximum absolute atomic E-state index is 12.7. The third kappa shape index (κ3) is 4.89. The smallest absolute Gasteiger partial charge is 0.271 e. The van der Waals surface area contributed by atoms with Crippen LogP contribution in [0.2, 0.25) is 0 Å². The second-order valence-electron chi connectivity index (χ2n) is 4.71. The molecule has 1 atom stereocenters. The second-order valence-corrected chi connectivity index (χ2v) is 4.71. The van der Waals surface area contributed by atoms with Crippen LogP contribution in [-0.2, 0) is 12.8 Å². The maximum Gasteiger partial charge on any atom is 0.402 e. The number of alkyl halides is 6. The zero-order chi connectivity index (χ0) is 16.3. The van der Waals surface area contributed by atoms with E-state index in [2.05, 4.69) is 0 Å². The largest absolute Gasteiger partial charge is 0.402 e. The summed E-state index contributed by atoms with van der Waals surface area (Å²) in [5.41, 5.74) is 2.95. The lowest BCUT2D eigenvalue weighted by molar-refractivity contribution is -0.291. The van der Waals surface area contributed by atoms with E-state index in [9.17, 15) is 26.3 Å². The van der Waals surface area contributed by atoms with Crippen LogP contribution in [0.15, 0.2) is 24.3 Å². The van der Waals surface area contributed by atoms with Gasteiger partial charge in [-0.1, -0.05) is 31.2 Å². The Bertz CT molecular complexity index is 423. The molecule has 1 rings (SSSR count). The molecule has 1 aromatic rings. The van der Waals surface area contributed by atoms with E-state index in [0.717, 1.165) is 12.0 Å². The van der Waals surface area contributed by atoms with E-state index >= 15 is 0 Å². The highest BCUT2D eigenvalue weighted by molar-refractivity contribution is 5.23. The number of aryl methyl sites for hydroxylation is 1. The Balaban J connectivity index is 2.98. The topological polar surface area (TPSA) is 38.0 Å². The van der Waals surface area contributed by atoms with Crippen LogP contribution < -0.4 is 11.3 Å². The fraction of sp³-hybridized carbons (Fsp3) is 0.538. The Morgan fingerprint density at radius 1 is 0.952 bits per heavy atom. The Morgan fingerprint density at radius 3 is 1.71 bits per heavy atom. The number of nitrogens with two attached hydrogens (primary N) is 1. The molecule has 0 saturated heterocycles. The van der Waals surface area contributed by atoms with Gasteiger partial charge in [-0.25, -0.2) is 0 Å². The lowest BCUT2D eigenvalue weighted by atomic mass is 9.92. The van der Waals surface area contributed by atoms with Gasteiger partial charge in [-0.05, 0) is 24.0 Å². The molecule has 3 N–H and O–H groups in total. The van der Waals surface area contributed by atoms with E-state index in [4.69, 9.17) is 5.84 Å². The van der Waals surface area contributed by atoms with Gasteiger partial charge in [0.2, 0.25) is 0 Å². The lowest BCUT2D eigenvalue weighted by Gasteiger charge is -2.30. The van der Waals surface area contributed by atoms with Crippen LogP contribution >= 0.6 is 0 Å². The summed E-state index contributed by atoms with van der Waals surface area (Å²) in [7, 11) is 0. The molecule has 0 bridgehead atoms. The highest BCUT2D eigenvalue weighted by atomic mass is 19.4. The number of nitrogens with one attached hydrogen (secondary N) is 1. The van der Waals surface area contributed by atoms with Crippen LogP contribution in [0.3, 0.4) is 0 Å². The third-order valence-corrected chi connectivity index (χ3v) is 3.21. The third-order valence-electron chi connectivity index (χ3n) is 3.21. The van der Waals surface area contributed by atoms with Crippen LogP contribution in [-0.4, -0.2) is 18.4 Å². The molecule has 0 radical (unpaired) electrons. The maximum atomic E-state index is 12.7. The van der Waals surface area contributed by atoms with Crippen molar-refractivity contribution in [2.45, 2.75) is 38.2 Å². The molecule has 0 aliphatic heterocycles. The van der Waals surface area contributed by atoms with Crippen molar-refractivity contribution in [1.29, 1.82) is 0 Å². The summed E-state index contributed by atoms with van der Waals surface area (Å²) >= 11 is 0. The van der Waals surface area contributed by atoms with E-state index in [1.165, 1.54) is 12.1 Å².